The number of nitrogens with one attached hydrogen (secondary N) is 2. The van der Waals surface area contributed by atoms with E-state index >= 15 is 0 Å². The zero-order valence-corrected chi connectivity index (χ0v) is 13.2. The maximum Gasteiger partial charge on any atom is 0.271 e. The third kappa shape index (κ3) is 4.16. The van der Waals surface area contributed by atoms with Crippen molar-refractivity contribution in [2.24, 2.45) is 11.0 Å². The molecule has 22 heavy (non-hydrogen) atoms. The van der Waals surface area contributed by atoms with Crippen molar-refractivity contribution >= 4 is 23.2 Å². The molecule has 1 aromatic carbocycles. The van der Waals surface area contributed by atoms with Crippen molar-refractivity contribution in [3.63, 3.8) is 0 Å². The monoisotopic (exact) mass is 301 g/mol. The van der Waals surface area contributed by atoms with Gasteiger partial charge in [-0.3, -0.25) is 9.59 Å². The summed E-state index contributed by atoms with van der Waals surface area (Å²) in [6.45, 7) is 3.94. The van der Waals surface area contributed by atoms with Gasteiger partial charge in [0.05, 0.1) is 0 Å². The average Bonchev–Trinajstić information content (AvgIpc) is 3.00. The molecule has 0 heterocycles. The number of benzene rings is 1. The van der Waals surface area contributed by atoms with Gasteiger partial charge >= 0.3 is 0 Å². The molecule has 1 fully saturated rings. The molecule has 1 aliphatic carbocycles. The molecule has 1 aromatic rings. The third-order valence-electron chi connectivity index (χ3n) is 4.00. The van der Waals surface area contributed by atoms with Crippen LogP contribution in [0.4, 0.5) is 5.69 Å². The molecule has 1 aliphatic rings. The molecule has 1 atom stereocenters. The van der Waals surface area contributed by atoms with Crippen molar-refractivity contribution in [3.05, 3.63) is 29.8 Å². The summed E-state index contributed by atoms with van der Waals surface area (Å²) in [5, 5.41) is 7.03. The minimum absolute atomic E-state index is 0.0459. The summed E-state index contributed by atoms with van der Waals surface area (Å²) in [7, 11) is 0. The number of amides is 2. The van der Waals surface area contributed by atoms with Crippen molar-refractivity contribution < 1.29 is 9.59 Å². The Hall–Kier alpha value is -2.17. The van der Waals surface area contributed by atoms with Gasteiger partial charge in [0.15, 0.2) is 0 Å². The first-order chi connectivity index (χ1) is 10.6. The van der Waals surface area contributed by atoms with Crippen molar-refractivity contribution in [1.82, 2.24) is 5.43 Å². The van der Waals surface area contributed by atoms with Crippen molar-refractivity contribution in [2.75, 3.05) is 5.32 Å². The molecule has 2 amide bonds. The highest BCUT2D eigenvalue weighted by atomic mass is 16.2. The summed E-state index contributed by atoms with van der Waals surface area (Å²) in [6.07, 6.45) is 4.79. The zero-order valence-electron chi connectivity index (χ0n) is 13.2. The molecular weight excluding hydrogens is 278 g/mol. The number of hydrazone groups is 1. The predicted molar refractivity (Wildman–Crippen MR) is 87.9 cm³/mol. The predicted octanol–water partition coefficient (Wildman–Crippen LogP) is 3.33. The minimum Gasteiger partial charge on any atom is -0.326 e. The summed E-state index contributed by atoms with van der Waals surface area (Å²) in [6, 6.07) is 6.82. The Morgan fingerprint density at radius 3 is 2.59 bits per heavy atom. The Morgan fingerprint density at radius 2 is 1.95 bits per heavy atom. The van der Waals surface area contributed by atoms with E-state index in [-0.39, 0.29) is 11.8 Å². The SMILES string of the molecule is CCC(=O)Nc1ccc(C(=O)N/N=C2\CCCC2CC)cc1. The smallest absolute Gasteiger partial charge is 0.271 e. The second-order valence-electron chi connectivity index (χ2n) is 5.52. The molecule has 0 radical (unpaired) electrons. The quantitative estimate of drug-likeness (QED) is 0.819. The standard InChI is InChI=1S/C17H23N3O2/c1-3-12-6-5-7-15(12)19-20-17(22)13-8-10-14(11-9-13)18-16(21)4-2/h8-12H,3-7H2,1-2H3,(H,18,21)(H,20,22)/b19-15+. The van der Waals surface area contributed by atoms with Crippen molar-refractivity contribution in [1.29, 1.82) is 0 Å². The highest BCUT2D eigenvalue weighted by molar-refractivity contribution is 5.97. The van der Waals surface area contributed by atoms with Crippen LogP contribution in [0.2, 0.25) is 0 Å². The average molecular weight is 301 g/mol. The van der Waals surface area contributed by atoms with Gasteiger partial charge in [0.2, 0.25) is 5.91 Å². The lowest BCUT2D eigenvalue weighted by atomic mass is 10.0. The lowest BCUT2D eigenvalue weighted by Gasteiger charge is -2.08. The number of rotatable bonds is 5. The molecule has 2 N–H and O–H groups in total. The first-order valence-corrected chi connectivity index (χ1v) is 7.90. The fourth-order valence-electron chi connectivity index (χ4n) is 2.63. The third-order valence-corrected chi connectivity index (χ3v) is 4.00. The Kier molecular flexibility index (Phi) is 5.69. The fraction of sp³-hybridized carbons (Fsp3) is 0.471. The van der Waals surface area contributed by atoms with Crippen molar-refractivity contribution in [3.8, 4) is 0 Å². The van der Waals surface area contributed by atoms with Crippen molar-refractivity contribution in [2.45, 2.75) is 46.0 Å². The molecule has 0 saturated heterocycles. The fourth-order valence-corrected chi connectivity index (χ4v) is 2.63. The topological polar surface area (TPSA) is 70.6 Å². The molecule has 0 spiro atoms. The Bertz CT molecular complexity index is 564. The molecule has 0 bridgehead atoms. The Balaban J connectivity index is 1.95. The van der Waals surface area contributed by atoms with Crippen LogP contribution in [-0.4, -0.2) is 17.5 Å². The van der Waals surface area contributed by atoms with E-state index in [1.807, 2.05) is 0 Å². The van der Waals surface area contributed by atoms with Crippen LogP contribution in [-0.2, 0) is 4.79 Å². The molecular formula is C17H23N3O2. The first kappa shape index (κ1) is 16.2. The van der Waals surface area contributed by atoms with Gasteiger partial charge < -0.3 is 5.32 Å². The van der Waals surface area contributed by atoms with E-state index in [2.05, 4.69) is 22.8 Å². The van der Waals surface area contributed by atoms with Crippen LogP contribution < -0.4 is 10.7 Å². The number of hydrogen-bond acceptors (Lipinski definition) is 3. The van der Waals surface area contributed by atoms with Crippen LogP contribution in [0.25, 0.3) is 0 Å². The van der Waals surface area contributed by atoms with Gasteiger partial charge in [-0.1, -0.05) is 13.8 Å². The van der Waals surface area contributed by atoms with Gasteiger partial charge in [-0.2, -0.15) is 5.10 Å². The number of hydrogen-bond donors (Lipinski definition) is 2. The molecule has 118 valence electrons. The number of carbonyl (C=O) groups is 2. The van der Waals surface area contributed by atoms with Gasteiger partial charge in [0.25, 0.3) is 5.91 Å². The van der Waals surface area contributed by atoms with E-state index in [0.717, 1.165) is 31.4 Å². The summed E-state index contributed by atoms with van der Waals surface area (Å²) in [5.41, 5.74) is 4.96. The minimum atomic E-state index is -0.220. The van der Waals surface area contributed by atoms with Gasteiger partial charge in [-0.15, -0.1) is 0 Å². The van der Waals surface area contributed by atoms with E-state index in [1.165, 1.54) is 0 Å². The molecule has 1 saturated carbocycles. The molecule has 0 aromatic heterocycles. The summed E-state index contributed by atoms with van der Waals surface area (Å²) in [5.74, 6) is 0.241. The maximum absolute atomic E-state index is 12.1. The molecule has 0 aliphatic heterocycles. The first-order valence-electron chi connectivity index (χ1n) is 7.90. The van der Waals surface area contributed by atoms with Crippen LogP contribution in [0.3, 0.4) is 0 Å². The Morgan fingerprint density at radius 1 is 1.23 bits per heavy atom. The number of nitrogens with zero attached hydrogens (tertiary/aromatic N) is 1. The molecule has 5 heteroatoms. The highest BCUT2D eigenvalue weighted by Crippen LogP contribution is 2.24. The summed E-state index contributed by atoms with van der Waals surface area (Å²) >= 11 is 0. The summed E-state index contributed by atoms with van der Waals surface area (Å²) in [4.78, 5) is 23.4. The van der Waals surface area contributed by atoms with Gasteiger partial charge in [0.1, 0.15) is 0 Å². The van der Waals surface area contributed by atoms with Crippen LogP contribution in [0.1, 0.15) is 56.3 Å². The van der Waals surface area contributed by atoms with E-state index in [4.69, 9.17) is 0 Å². The van der Waals surface area contributed by atoms with E-state index in [1.54, 1.807) is 31.2 Å². The summed E-state index contributed by atoms with van der Waals surface area (Å²) < 4.78 is 0. The van der Waals surface area contributed by atoms with Gasteiger partial charge in [-0.05, 0) is 55.9 Å². The lowest BCUT2D eigenvalue weighted by molar-refractivity contribution is -0.115. The molecule has 1 unspecified atom stereocenters. The normalized spacial score (nSPS) is 19.2. The maximum atomic E-state index is 12.1. The van der Waals surface area contributed by atoms with Crippen LogP contribution in [0.5, 0.6) is 0 Å². The van der Waals surface area contributed by atoms with Gasteiger partial charge in [-0.25, -0.2) is 5.43 Å². The largest absolute Gasteiger partial charge is 0.326 e. The van der Waals surface area contributed by atoms with Crippen LogP contribution >= 0.6 is 0 Å². The molecule has 2 rings (SSSR count). The van der Waals surface area contributed by atoms with Crippen LogP contribution in [0.15, 0.2) is 29.4 Å². The lowest BCUT2D eigenvalue weighted by Crippen LogP contribution is -2.21. The van der Waals surface area contributed by atoms with E-state index in [0.29, 0.717) is 23.6 Å². The van der Waals surface area contributed by atoms with Gasteiger partial charge in [0, 0.05) is 23.4 Å². The molecule has 5 nitrogen and oxygen atoms in total. The zero-order chi connectivity index (χ0) is 15.9. The Labute approximate surface area is 131 Å². The second kappa shape index (κ2) is 7.73. The number of anilines is 1. The number of carbonyl (C=O) groups excluding carboxylic acids is 2. The van der Waals surface area contributed by atoms with E-state index in [9.17, 15) is 9.59 Å². The van der Waals surface area contributed by atoms with Crippen LogP contribution in [0, 0.1) is 5.92 Å². The second-order valence-corrected chi connectivity index (χ2v) is 5.52. The highest BCUT2D eigenvalue weighted by Gasteiger charge is 2.21. The van der Waals surface area contributed by atoms with E-state index < -0.39 is 0 Å².